The summed E-state index contributed by atoms with van der Waals surface area (Å²) in [6, 6.07) is 16.4. The van der Waals surface area contributed by atoms with Crippen LogP contribution in [0, 0.1) is 0 Å². The number of hydrogen-bond acceptors (Lipinski definition) is 3. The van der Waals surface area contributed by atoms with E-state index in [1.165, 1.54) is 11.1 Å². The molecule has 0 saturated heterocycles. The second kappa shape index (κ2) is 9.63. The van der Waals surface area contributed by atoms with Gasteiger partial charge in [0.15, 0.2) is 5.05 Å². The van der Waals surface area contributed by atoms with Gasteiger partial charge in [-0.15, -0.1) is 0 Å². The minimum Gasteiger partial charge on any atom is -0.445 e. The van der Waals surface area contributed by atoms with Gasteiger partial charge in [-0.05, 0) is 60.7 Å². The first kappa shape index (κ1) is 20.3. The maximum absolute atomic E-state index is 11.4. The topological polar surface area (TPSA) is 26.3 Å². The summed E-state index contributed by atoms with van der Waals surface area (Å²) in [5.74, 6) is 1.65. The van der Waals surface area contributed by atoms with Crippen molar-refractivity contribution in [2.75, 3.05) is 0 Å². The summed E-state index contributed by atoms with van der Waals surface area (Å²) in [6.45, 7) is 2.18. The third kappa shape index (κ3) is 5.25. The first-order valence-corrected chi connectivity index (χ1v) is 9.49. The molecular weight excluding hydrogens is 340 g/mol. The predicted octanol–water partition coefficient (Wildman–Crippen LogP) is 6.26. The van der Waals surface area contributed by atoms with Crippen molar-refractivity contribution in [3.05, 3.63) is 65.2 Å². The molecule has 0 bridgehead atoms. The van der Waals surface area contributed by atoms with Crippen LogP contribution in [0.4, 0.5) is 0 Å². The number of carbonyl (C=O) groups excluding carboxylic acids is 1. The number of ether oxygens (including phenoxy) is 1. The second-order valence-corrected chi connectivity index (χ2v) is 7.09. The molecule has 2 nitrogen and oxygen atoms in total. The van der Waals surface area contributed by atoms with E-state index >= 15 is 0 Å². The van der Waals surface area contributed by atoms with Crippen LogP contribution in [0.15, 0.2) is 48.5 Å². The van der Waals surface area contributed by atoms with Crippen molar-refractivity contribution in [2.45, 2.75) is 58.8 Å². The van der Waals surface area contributed by atoms with Gasteiger partial charge < -0.3 is 4.74 Å². The number of aryl methyl sites for hydroxylation is 1. The fraction of sp³-hybridized carbons (Fsp3) is 0.391. The fourth-order valence-electron chi connectivity index (χ4n) is 3.34. The molecule has 0 heterocycles. The summed E-state index contributed by atoms with van der Waals surface area (Å²) >= 11 is 5.42. The Morgan fingerprint density at radius 1 is 1.04 bits per heavy atom. The Bertz CT molecular complexity index is 722. The van der Waals surface area contributed by atoms with Crippen LogP contribution in [0.1, 0.15) is 69.1 Å². The molecule has 26 heavy (non-hydrogen) atoms. The molecule has 0 unspecified atom stereocenters. The zero-order chi connectivity index (χ0) is 17.6. The van der Waals surface area contributed by atoms with Crippen molar-refractivity contribution in [3.8, 4) is 5.75 Å². The number of rotatable bonds is 5. The molecule has 1 fully saturated rings. The Kier molecular flexibility index (Phi) is 7.52. The molecule has 0 amide bonds. The van der Waals surface area contributed by atoms with Gasteiger partial charge in [0.05, 0.1) is 0 Å². The number of Topliss-reactive ketones (excluding diaryl/α,β-unsaturated/α-hetero) is 1. The van der Waals surface area contributed by atoms with Crippen LogP contribution < -0.4 is 4.74 Å². The van der Waals surface area contributed by atoms with Crippen LogP contribution in [0.5, 0.6) is 5.75 Å². The molecule has 0 N–H and O–H groups in total. The number of thiocarbonyl (C=S) groups is 1. The van der Waals surface area contributed by atoms with Crippen LogP contribution in [0.25, 0.3) is 0 Å². The largest absolute Gasteiger partial charge is 0.445 e. The predicted molar refractivity (Wildman–Crippen MR) is 112 cm³/mol. The van der Waals surface area contributed by atoms with Gasteiger partial charge in [0.1, 0.15) is 11.5 Å². The Morgan fingerprint density at radius 3 is 2.23 bits per heavy atom. The van der Waals surface area contributed by atoms with E-state index in [1.807, 2.05) is 24.3 Å². The summed E-state index contributed by atoms with van der Waals surface area (Å²) in [6.07, 6.45) is 5.56. The molecule has 0 spiro atoms. The smallest absolute Gasteiger partial charge is 0.198 e. The van der Waals surface area contributed by atoms with Crippen molar-refractivity contribution in [1.82, 2.24) is 0 Å². The van der Waals surface area contributed by atoms with Gasteiger partial charge in [-0.25, -0.2) is 0 Å². The number of benzene rings is 2. The molecule has 0 radical (unpaired) electrons. The summed E-state index contributed by atoms with van der Waals surface area (Å²) in [5.41, 5.74) is 3.55. The molecule has 1 saturated carbocycles. The van der Waals surface area contributed by atoms with E-state index < -0.39 is 0 Å². The van der Waals surface area contributed by atoms with Gasteiger partial charge in [0.25, 0.3) is 0 Å². The van der Waals surface area contributed by atoms with E-state index in [4.69, 9.17) is 17.0 Å². The zero-order valence-electron chi connectivity index (χ0n) is 14.7. The summed E-state index contributed by atoms with van der Waals surface area (Å²) in [5, 5.41) is 0.499. The highest BCUT2D eigenvalue weighted by Gasteiger charge is 2.20. The van der Waals surface area contributed by atoms with E-state index in [1.54, 1.807) is 0 Å². The minimum absolute atomic E-state index is 0. The molecule has 1 aliphatic carbocycles. The van der Waals surface area contributed by atoms with Gasteiger partial charge >= 0.3 is 0 Å². The van der Waals surface area contributed by atoms with E-state index in [0.29, 0.717) is 29.6 Å². The van der Waals surface area contributed by atoms with E-state index in [2.05, 4.69) is 31.2 Å². The maximum Gasteiger partial charge on any atom is 0.198 e. The number of ketones is 1. The van der Waals surface area contributed by atoms with Gasteiger partial charge in [-0.1, -0.05) is 57.2 Å². The molecule has 0 atom stereocenters. The number of carbonyl (C=O) groups is 1. The average molecular weight is 369 g/mol. The lowest BCUT2D eigenvalue weighted by Gasteiger charge is -2.21. The van der Waals surface area contributed by atoms with Crippen LogP contribution in [0.3, 0.4) is 0 Å². The Hall–Kier alpha value is -2.00. The fourth-order valence-corrected chi connectivity index (χ4v) is 3.58. The van der Waals surface area contributed by atoms with Gasteiger partial charge in [0.2, 0.25) is 0 Å². The molecule has 0 aliphatic heterocycles. The van der Waals surface area contributed by atoms with E-state index in [0.717, 1.165) is 37.0 Å². The lowest BCUT2D eigenvalue weighted by atomic mass is 9.83. The lowest BCUT2D eigenvalue weighted by molar-refractivity contribution is -0.120. The molecular formula is C23H28O2S. The molecule has 138 valence electrons. The van der Waals surface area contributed by atoms with Crippen molar-refractivity contribution in [1.29, 1.82) is 0 Å². The van der Waals surface area contributed by atoms with Crippen molar-refractivity contribution in [3.63, 3.8) is 0 Å². The monoisotopic (exact) mass is 368 g/mol. The van der Waals surface area contributed by atoms with E-state index in [9.17, 15) is 4.79 Å². The first-order valence-electron chi connectivity index (χ1n) is 9.08. The zero-order valence-corrected chi connectivity index (χ0v) is 15.5. The Balaban J connectivity index is 0.00000243. The molecule has 3 rings (SSSR count). The Morgan fingerprint density at radius 2 is 1.65 bits per heavy atom. The van der Waals surface area contributed by atoms with Gasteiger partial charge in [-0.2, -0.15) is 0 Å². The highest BCUT2D eigenvalue weighted by Crippen LogP contribution is 2.32. The summed E-state index contributed by atoms with van der Waals surface area (Å²) in [4.78, 5) is 11.4. The highest BCUT2D eigenvalue weighted by atomic mass is 32.1. The minimum atomic E-state index is 0. The van der Waals surface area contributed by atoms with Crippen molar-refractivity contribution in [2.24, 2.45) is 0 Å². The van der Waals surface area contributed by atoms with Crippen molar-refractivity contribution < 1.29 is 9.53 Å². The lowest BCUT2D eigenvalue weighted by Crippen LogP contribution is -2.12. The van der Waals surface area contributed by atoms with Gasteiger partial charge in [-0.3, -0.25) is 4.79 Å². The normalized spacial score (nSPS) is 14.6. The third-order valence-electron chi connectivity index (χ3n) is 4.83. The van der Waals surface area contributed by atoms with Gasteiger partial charge in [0, 0.05) is 18.4 Å². The van der Waals surface area contributed by atoms with Crippen LogP contribution >= 0.6 is 12.2 Å². The molecule has 0 aromatic heterocycles. The average Bonchev–Trinajstić information content (AvgIpc) is 2.64. The van der Waals surface area contributed by atoms with Crippen LogP contribution in [-0.2, 0) is 11.2 Å². The molecule has 2 aromatic carbocycles. The molecule has 1 aliphatic rings. The van der Waals surface area contributed by atoms with Crippen LogP contribution in [0.2, 0.25) is 0 Å². The first-order chi connectivity index (χ1) is 12.2. The molecule has 3 heteroatoms. The number of hydrogen-bond donors (Lipinski definition) is 0. The molecule has 2 aromatic rings. The van der Waals surface area contributed by atoms with E-state index in [-0.39, 0.29) is 7.43 Å². The SMILES string of the molecule is C.CCCc1ccc(C(=S)Oc2ccc(C3CCC(=O)CC3)cc2)cc1. The summed E-state index contributed by atoms with van der Waals surface area (Å²) in [7, 11) is 0. The Labute approximate surface area is 162 Å². The highest BCUT2D eigenvalue weighted by molar-refractivity contribution is 7.80. The van der Waals surface area contributed by atoms with Crippen molar-refractivity contribution >= 4 is 23.1 Å². The second-order valence-electron chi connectivity index (χ2n) is 6.72. The summed E-state index contributed by atoms with van der Waals surface area (Å²) < 4.78 is 5.84. The van der Waals surface area contributed by atoms with Crippen LogP contribution in [-0.4, -0.2) is 10.8 Å². The standard InChI is InChI=1S/C22H24O2S.CH4/c1-2-3-16-4-6-19(7-5-16)22(25)24-21-14-10-18(11-15-21)17-8-12-20(23)13-9-17;/h4-7,10-11,14-15,17H,2-3,8-9,12-13H2,1H3;1H4. The maximum atomic E-state index is 11.4. The third-order valence-corrected chi connectivity index (χ3v) is 5.15. The quantitative estimate of drug-likeness (QED) is 0.583.